The SMILES string of the molecule is NC(=O)[C@@H](Cc1ccccc1)NC(=O)c1cccc(N2CCCS2(=O)=O)c1. The van der Waals surface area contributed by atoms with Crippen LogP contribution < -0.4 is 15.4 Å². The molecule has 0 saturated carbocycles. The van der Waals surface area contributed by atoms with Gasteiger partial charge in [0.15, 0.2) is 0 Å². The number of benzene rings is 2. The van der Waals surface area contributed by atoms with Crippen LogP contribution in [-0.2, 0) is 21.2 Å². The fourth-order valence-electron chi connectivity index (χ4n) is 3.05. The Morgan fingerprint density at radius 3 is 2.48 bits per heavy atom. The first-order chi connectivity index (χ1) is 12.9. The van der Waals surface area contributed by atoms with E-state index in [2.05, 4.69) is 5.32 Å². The number of rotatable bonds is 6. The van der Waals surface area contributed by atoms with Crippen LogP contribution in [0.1, 0.15) is 22.3 Å². The normalized spacial score (nSPS) is 16.7. The van der Waals surface area contributed by atoms with Gasteiger partial charge in [-0.05, 0) is 30.2 Å². The molecule has 0 bridgehead atoms. The number of primary amides is 1. The average molecular weight is 387 g/mol. The molecule has 2 aromatic carbocycles. The molecule has 0 unspecified atom stereocenters. The van der Waals surface area contributed by atoms with Crippen LogP contribution in [0.25, 0.3) is 0 Å². The molecule has 3 N–H and O–H groups in total. The van der Waals surface area contributed by atoms with Crippen molar-refractivity contribution < 1.29 is 18.0 Å². The lowest BCUT2D eigenvalue weighted by molar-refractivity contribution is -0.119. The van der Waals surface area contributed by atoms with Crippen molar-refractivity contribution in [1.82, 2.24) is 5.32 Å². The standard InChI is InChI=1S/C19H21N3O4S/c20-18(23)17(12-14-6-2-1-3-7-14)21-19(24)15-8-4-9-16(13-15)22-10-5-11-27(22,25)26/h1-4,6-9,13,17H,5,10-12H2,(H2,20,23)(H,21,24)/t17-/m1/s1. The number of nitrogens with one attached hydrogen (secondary N) is 1. The molecular weight excluding hydrogens is 366 g/mol. The monoisotopic (exact) mass is 387 g/mol. The number of anilines is 1. The first-order valence-corrected chi connectivity index (χ1v) is 10.2. The smallest absolute Gasteiger partial charge is 0.252 e. The molecule has 1 aliphatic rings. The van der Waals surface area contributed by atoms with E-state index in [0.29, 0.717) is 18.7 Å². The van der Waals surface area contributed by atoms with E-state index < -0.39 is 27.9 Å². The number of sulfonamides is 1. The average Bonchev–Trinajstić information content (AvgIpc) is 3.01. The van der Waals surface area contributed by atoms with E-state index in [0.717, 1.165) is 5.56 Å². The van der Waals surface area contributed by atoms with Crippen LogP contribution in [0.15, 0.2) is 54.6 Å². The summed E-state index contributed by atoms with van der Waals surface area (Å²) in [6.45, 7) is 0.394. The van der Waals surface area contributed by atoms with Gasteiger partial charge in [-0.1, -0.05) is 36.4 Å². The summed E-state index contributed by atoms with van der Waals surface area (Å²) >= 11 is 0. The number of carbonyl (C=O) groups excluding carboxylic acids is 2. The quantitative estimate of drug-likeness (QED) is 0.772. The number of hydrogen-bond donors (Lipinski definition) is 2. The summed E-state index contributed by atoms with van der Waals surface area (Å²) in [6, 6.07) is 14.7. The minimum atomic E-state index is -3.33. The second-order valence-electron chi connectivity index (χ2n) is 6.41. The fraction of sp³-hybridized carbons (Fsp3) is 0.263. The van der Waals surface area contributed by atoms with Crippen LogP contribution in [0.5, 0.6) is 0 Å². The van der Waals surface area contributed by atoms with E-state index in [9.17, 15) is 18.0 Å². The molecule has 1 heterocycles. The second kappa shape index (κ2) is 7.79. The molecule has 0 spiro atoms. The lowest BCUT2D eigenvalue weighted by atomic mass is 10.0. The highest BCUT2D eigenvalue weighted by Gasteiger charge is 2.29. The molecule has 142 valence electrons. The van der Waals surface area contributed by atoms with Gasteiger partial charge in [0.05, 0.1) is 11.4 Å². The topological polar surface area (TPSA) is 110 Å². The number of amides is 2. The molecule has 3 rings (SSSR count). The molecule has 0 radical (unpaired) electrons. The first-order valence-electron chi connectivity index (χ1n) is 8.61. The Morgan fingerprint density at radius 1 is 1.11 bits per heavy atom. The summed E-state index contributed by atoms with van der Waals surface area (Å²) in [5, 5.41) is 2.64. The van der Waals surface area contributed by atoms with E-state index >= 15 is 0 Å². The van der Waals surface area contributed by atoms with Crippen LogP contribution >= 0.6 is 0 Å². The molecule has 1 aliphatic heterocycles. The minimum absolute atomic E-state index is 0.101. The minimum Gasteiger partial charge on any atom is -0.368 e. The highest BCUT2D eigenvalue weighted by Crippen LogP contribution is 2.24. The van der Waals surface area contributed by atoms with E-state index in [1.54, 1.807) is 18.2 Å². The molecule has 0 aromatic heterocycles. The lowest BCUT2D eigenvalue weighted by Crippen LogP contribution is -2.45. The molecule has 1 saturated heterocycles. The van der Waals surface area contributed by atoms with Gasteiger partial charge in [-0.15, -0.1) is 0 Å². The summed E-state index contributed by atoms with van der Waals surface area (Å²) in [4.78, 5) is 24.3. The van der Waals surface area contributed by atoms with Crippen LogP contribution in [-0.4, -0.2) is 38.6 Å². The van der Waals surface area contributed by atoms with E-state index in [-0.39, 0.29) is 17.7 Å². The fourth-order valence-corrected chi connectivity index (χ4v) is 4.60. The summed E-state index contributed by atoms with van der Waals surface area (Å²) in [7, 11) is -3.33. The zero-order valence-electron chi connectivity index (χ0n) is 14.7. The van der Waals surface area contributed by atoms with Gasteiger partial charge in [-0.2, -0.15) is 0 Å². The van der Waals surface area contributed by atoms with Gasteiger partial charge in [-0.25, -0.2) is 8.42 Å². The highest BCUT2D eigenvalue weighted by molar-refractivity contribution is 7.93. The summed E-state index contributed by atoms with van der Waals surface area (Å²) in [6.07, 6.45) is 0.835. The van der Waals surface area contributed by atoms with Crippen molar-refractivity contribution >= 4 is 27.5 Å². The zero-order chi connectivity index (χ0) is 19.4. The first kappa shape index (κ1) is 18.9. The highest BCUT2D eigenvalue weighted by atomic mass is 32.2. The van der Waals surface area contributed by atoms with Crippen molar-refractivity contribution in [3.05, 3.63) is 65.7 Å². The van der Waals surface area contributed by atoms with Gasteiger partial charge < -0.3 is 11.1 Å². The van der Waals surface area contributed by atoms with Crippen LogP contribution in [0.3, 0.4) is 0 Å². The molecule has 1 fully saturated rings. The van der Waals surface area contributed by atoms with E-state index in [1.807, 2.05) is 30.3 Å². The molecule has 8 heteroatoms. The summed E-state index contributed by atoms with van der Waals surface area (Å²) in [5.41, 5.74) is 7.02. The molecule has 27 heavy (non-hydrogen) atoms. The Morgan fingerprint density at radius 2 is 1.85 bits per heavy atom. The van der Waals surface area contributed by atoms with Crippen molar-refractivity contribution in [2.75, 3.05) is 16.6 Å². The van der Waals surface area contributed by atoms with E-state index in [4.69, 9.17) is 5.73 Å². The molecule has 0 aliphatic carbocycles. The van der Waals surface area contributed by atoms with Gasteiger partial charge in [0.2, 0.25) is 15.9 Å². The molecular formula is C19H21N3O4S. The summed E-state index contributed by atoms with van der Waals surface area (Å²) in [5.74, 6) is -1.01. The van der Waals surface area contributed by atoms with Crippen LogP contribution in [0, 0.1) is 0 Å². The maximum absolute atomic E-state index is 12.6. The third-order valence-corrected chi connectivity index (χ3v) is 6.30. The Bertz CT molecular complexity index is 944. The second-order valence-corrected chi connectivity index (χ2v) is 8.42. The Balaban J connectivity index is 1.76. The molecule has 2 amide bonds. The number of carbonyl (C=O) groups is 2. The Labute approximate surface area is 158 Å². The third kappa shape index (κ3) is 4.46. The Kier molecular flexibility index (Phi) is 5.46. The van der Waals surface area contributed by atoms with Crippen LogP contribution in [0.4, 0.5) is 5.69 Å². The van der Waals surface area contributed by atoms with Gasteiger partial charge in [0.25, 0.3) is 5.91 Å². The Hall–Kier alpha value is -2.87. The van der Waals surface area contributed by atoms with Crippen molar-refractivity contribution in [1.29, 1.82) is 0 Å². The van der Waals surface area contributed by atoms with Gasteiger partial charge in [-0.3, -0.25) is 13.9 Å². The number of nitrogens with zero attached hydrogens (tertiary/aromatic N) is 1. The van der Waals surface area contributed by atoms with Crippen molar-refractivity contribution in [2.45, 2.75) is 18.9 Å². The predicted molar refractivity (Wildman–Crippen MR) is 103 cm³/mol. The molecule has 7 nitrogen and oxygen atoms in total. The molecule has 1 atom stereocenters. The predicted octanol–water partition coefficient (Wildman–Crippen LogP) is 1.05. The van der Waals surface area contributed by atoms with Gasteiger partial charge in [0, 0.05) is 18.5 Å². The zero-order valence-corrected chi connectivity index (χ0v) is 15.5. The maximum Gasteiger partial charge on any atom is 0.252 e. The lowest BCUT2D eigenvalue weighted by Gasteiger charge is -2.19. The van der Waals surface area contributed by atoms with Gasteiger partial charge >= 0.3 is 0 Å². The van der Waals surface area contributed by atoms with Crippen molar-refractivity contribution in [2.24, 2.45) is 5.73 Å². The van der Waals surface area contributed by atoms with Gasteiger partial charge in [0.1, 0.15) is 6.04 Å². The number of nitrogens with two attached hydrogens (primary N) is 1. The van der Waals surface area contributed by atoms with Crippen molar-refractivity contribution in [3.63, 3.8) is 0 Å². The summed E-state index contributed by atoms with van der Waals surface area (Å²) < 4.78 is 25.5. The van der Waals surface area contributed by atoms with Crippen LogP contribution in [0.2, 0.25) is 0 Å². The largest absolute Gasteiger partial charge is 0.368 e. The molecule has 2 aromatic rings. The number of hydrogen-bond acceptors (Lipinski definition) is 4. The van der Waals surface area contributed by atoms with Crippen molar-refractivity contribution in [3.8, 4) is 0 Å². The van der Waals surface area contributed by atoms with E-state index in [1.165, 1.54) is 10.4 Å². The maximum atomic E-state index is 12.6. The third-order valence-electron chi connectivity index (χ3n) is 4.43.